The minimum Gasteiger partial charge on any atom is -0.478 e. The number of hydrogen-bond acceptors (Lipinski definition) is 3. The Morgan fingerprint density at radius 2 is 1.81 bits per heavy atom. The summed E-state index contributed by atoms with van der Waals surface area (Å²) in [5.41, 5.74) is 0.198. The minimum absolute atomic E-state index is 0.00133. The second-order valence-electron chi connectivity index (χ2n) is 4.92. The molecular formula is C13H17ClN2O4S. The zero-order valence-electron chi connectivity index (χ0n) is 11.4. The molecule has 1 saturated heterocycles. The molecule has 0 spiro atoms. The first-order valence-electron chi connectivity index (χ1n) is 6.71. The van der Waals surface area contributed by atoms with Crippen LogP contribution in [0.1, 0.15) is 36.0 Å². The number of benzene rings is 1. The Hall–Kier alpha value is -1.31. The SMILES string of the molecule is O=C(O)c1ccc(NS(=O)(=O)N2CCCCCC2)cc1Cl. The smallest absolute Gasteiger partial charge is 0.337 e. The normalized spacial score (nSPS) is 17.2. The average Bonchev–Trinajstić information content (AvgIpc) is 2.67. The van der Waals surface area contributed by atoms with E-state index in [9.17, 15) is 13.2 Å². The lowest BCUT2D eigenvalue weighted by molar-refractivity contribution is 0.0697. The average molecular weight is 333 g/mol. The quantitative estimate of drug-likeness (QED) is 0.887. The summed E-state index contributed by atoms with van der Waals surface area (Å²) >= 11 is 5.84. The van der Waals surface area contributed by atoms with Gasteiger partial charge in [-0.15, -0.1) is 0 Å². The van der Waals surface area contributed by atoms with E-state index < -0.39 is 16.2 Å². The van der Waals surface area contributed by atoms with Crippen molar-refractivity contribution in [3.05, 3.63) is 28.8 Å². The summed E-state index contributed by atoms with van der Waals surface area (Å²) in [5.74, 6) is -1.15. The van der Waals surface area contributed by atoms with Crippen LogP contribution in [0, 0.1) is 0 Å². The first kappa shape index (κ1) is 16.1. The zero-order chi connectivity index (χ0) is 15.5. The van der Waals surface area contributed by atoms with Gasteiger partial charge in [-0.2, -0.15) is 12.7 Å². The molecule has 1 fully saturated rings. The fourth-order valence-electron chi connectivity index (χ4n) is 2.25. The Morgan fingerprint density at radius 1 is 1.19 bits per heavy atom. The Kier molecular flexibility index (Phi) is 5.08. The van der Waals surface area contributed by atoms with Gasteiger partial charge >= 0.3 is 16.2 Å². The lowest BCUT2D eigenvalue weighted by Crippen LogP contribution is -2.36. The minimum atomic E-state index is -3.63. The predicted molar refractivity (Wildman–Crippen MR) is 81.0 cm³/mol. The van der Waals surface area contributed by atoms with E-state index in [1.54, 1.807) is 0 Å². The summed E-state index contributed by atoms with van der Waals surface area (Å²) in [7, 11) is -3.63. The van der Waals surface area contributed by atoms with Gasteiger partial charge in [0.15, 0.2) is 0 Å². The van der Waals surface area contributed by atoms with E-state index in [2.05, 4.69) is 4.72 Å². The first-order valence-corrected chi connectivity index (χ1v) is 8.53. The third kappa shape index (κ3) is 4.09. The molecule has 0 aliphatic carbocycles. The van der Waals surface area contributed by atoms with Gasteiger partial charge in [0, 0.05) is 13.1 Å². The molecular weight excluding hydrogens is 316 g/mol. The first-order chi connectivity index (χ1) is 9.90. The van der Waals surface area contributed by atoms with Gasteiger partial charge < -0.3 is 5.11 Å². The van der Waals surface area contributed by atoms with Crippen LogP contribution in [0.15, 0.2) is 18.2 Å². The number of anilines is 1. The molecule has 2 N–H and O–H groups in total. The molecule has 1 aliphatic heterocycles. The van der Waals surface area contributed by atoms with Gasteiger partial charge in [0.2, 0.25) is 0 Å². The van der Waals surface area contributed by atoms with E-state index in [-0.39, 0.29) is 16.3 Å². The second kappa shape index (κ2) is 6.64. The number of nitrogens with zero attached hydrogens (tertiary/aromatic N) is 1. The number of rotatable bonds is 4. The van der Waals surface area contributed by atoms with Gasteiger partial charge in [-0.25, -0.2) is 4.79 Å². The highest BCUT2D eigenvalue weighted by Crippen LogP contribution is 2.23. The molecule has 1 aromatic carbocycles. The molecule has 0 saturated carbocycles. The topological polar surface area (TPSA) is 86.7 Å². The maximum Gasteiger partial charge on any atom is 0.337 e. The monoisotopic (exact) mass is 332 g/mol. The Bertz CT molecular complexity index is 625. The van der Waals surface area contributed by atoms with Crippen molar-refractivity contribution >= 4 is 33.5 Å². The molecule has 0 unspecified atom stereocenters. The number of hydrogen-bond donors (Lipinski definition) is 2. The third-order valence-corrected chi connectivity index (χ3v) is 5.20. The highest BCUT2D eigenvalue weighted by Gasteiger charge is 2.23. The van der Waals surface area contributed by atoms with Gasteiger partial charge in [-0.05, 0) is 31.0 Å². The van der Waals surface area contributed by atoms with Crippen LogP contribution in [0.4, 0.5) is 5.69 Å². The molecule has 1 heterocycles. The van der Waals surface area contributed by atoms with Crippen molar-refractivity contribution in [3.63, 3.8) is 0 Å². The maximum atomic E-state index is 12.3. The highest BCUT2D eigenvalue weighted by molar-refractivity contribution is 7.90. The van der Waals surface area contributed by atoms with Crippen molar-refractivity contribution in [1.82, 2.24) is 4.31 Å². The number of aromatic carboxylic acids is 1. The number of carbonyl (C=O) groups is 1. The van der Waals surface area contributed by atoms with Crippen molar-refractivity contribution < 1.29 is 18.3 Å². The molecule has 21 heavy (non-hydrogen) atoms. The number of carboxylic acids is 1. The summed E-state index contributed by atoms with van der Waals surface area (Å²) < 4.78 is 28.4. The lowest BCUT2D eigenvalue weighted by atomic mass is 10.2. The Morgan fingerprint density at radius 3 is 2.33 bits per heavy atom. The van der Waals surface area contributed by atoms with E-state index in [1.807, 2.05) is 0 Å². The van der Waals surface area contributed by atoms with E-state index in [4.69, 9.17) is 16.7 Å². The van der Waals surface area contributed by atoms with Gasteiger partial charge in [0.05, 0.1) is 16.3 Å². The number of nitrogens with one attached hydrogen (secondary N) is 1. The van der Waals surface area contributed by atoms with Crippen molar-refractivity contribution in [2.45, 2.75) is 25.7 Å². The van der Waals surface area contributed by atoms with Gasteiger partial charge in [0.1, 0.15) is 0 Å². The van der Waals surface area contributed by atoms with E-state index >= 15 is 0 Å². The fraction of sp³-hybridized carbons (Fsp3) is 0.462. The molecule has 0 bridgehead atoms. The summed E-state index contributed by atoms with van der Waals surface area (Å²) in [6, 6.07) is 3.98. The summed E-state index contributed by atoms with van der Waals surface area (Å²) in [4.78, 5) is 10.9. The second-order valence-corrected chi connectivity index (χ2v) is 7.00. The lowest BCUT2D eigenvalue weighted by Gasteiger charge is -2.20. The van der Waals surface area contributed by atoms with E-state index in [0.29, 0.717) is 13.1 Å². The van der Waals surface area contributed by atoms with Gasteiger partial charge in [0.25, 0.3) is 0 Å². The standard InChI is InChI=1S/C13H17ClN2O4S/c14-12-9-10(5-6-11(12)13(17)18)15-21(19,20)16-7-3-1-2-4-8-16/h5-6,9,15H,1-4,7-8H2,(H,17,18). The van der Waals surface area contributed by atoms with E-state index in [0.717, 1.165) is 25.7 Å². The van der Waals surface area contributed by atoms with Gasteiger partial charge in [-0.3, -0.25) is 4.72 Å². The van der Waals surface area contributed by atoms with Crippen LogP contribution in [-0.4, -0.2) is 36.9 Å². The van der Waals surface area contributed by atoms with Crippen molar-refractivity contribution in [2.24, 2.45) is 0 Å². The molecule has 1 aromatic rings. The van der Waals surface area contributed by atoms with Crippen molar-refractivity contribution in [3.8, 4) is 0 Å². The van der Waals surface area contributed by atoms with Crippen LogP contribution in [0.2, 0.25) is 5.02 Å². The zero-order valence-corrected chi connectivity index (χ0v) is 13.0. The van der Waals surface area contributed by atoms with Crippen LogP contribution in [0.5, 0.6) is 0 Å². The van der Waals surface area contributed by atoms with Crippen molar-refractivity contribution in [2.75, 3.05) is 17.8 Å². The summed E-state index contributed by atoms with van der Waals surface area (Å²) in [6.07, 6.45) is 3.76. The van der Waals surface area contributed by atoms with Crippen LogP contribution < -0.4 is 4.72 Å². The van der Waals surface area contributed by atoms with Crippen LogP contribution in [0.3, 0.4) is 0 Å². The third-order valence-electron chi connectivity index (χ3n) is 3.35. The van der Waals surface area contributed by atoms with Crippen LogP contribution in [-0.2, 0) is 10.2 Å². The molecule has 1 aliphatic rings. The summed E-state index contributed by atoms with van der Waals surface area (Å²) in [5, 5.41) is 8.89. The predicted octanol–water partition coefficient (Wildman–Crippen LogP) is 2.57. The number of carboxylic acid groups (broad SMARTS) is 1. The molecule has 6 nitrogen and oxygen atoms in total. The highest BCUT2D eigenvalue weighted by atomic mass is 35.5. The van der Waals surface area contributed by atoms with Crippen LogP contribution in [0.25, 0.3) is 0 Å². The maximum absolute atomic E-state index is 12.3. The van der Waals surface area contributed by atoms with Gasteiger partial charge in [-0.1, -0.05) is 24.4 Å². The molecule has 8 heteroatoms. The molecule has 116 valence electrons. The molecule has 0 radical (unpaired) electrons. The molecule has 0 aromatic heterocycles. The fourth-order valence-corrected chi connectivity index (χ4v) is 3.80. The largest absolute Gasteiger partial charge is 0.478 e. The Labute approximate surface area is 128 Å². The van der Waals surface area contributed by atoms with Crippen molar-refractivity contribution in [1.29, 1.82) is 0 Å². The Balaban J connectivity index is 2.16. The number of halogens is 1. The molecule has 0 amide bonds. The van der Waals surface area contributed by atoms with E-state index in [1.165, 1.54) is 22.5 Å². The van der Waals surface area contributed by atoms with Crippen LogP contribution >= 0.6 is 11.6 Å². The summed E-state index contributed by atoms with van der Waals surface area (Å²) in [6.45, 7) is 0.993. The molecule has 2 rings (SSSR count). The molecule has 0 atom stereocenters.